The second-order valence-corrected chi connectivity index (χ2v) is 10.2. The number of rotatable bonds is 6. The van der Waals surface area contributed by atoms with Gasteiger partial charge in [0.15, 0.2) is 9.84 Å². The molecule has 2 fully saturated rings. The standard InChI is InChI=1S/C22H29N3O3S/c1-2-24(21-10-13-29(27,28)17-21)16-20(15-23)22(26)25-11-8-19(9-12-25)14-18-6-4-3-5-7-18/h3-7,16,19,21H,2,8-14,17H2,1H3/b20-16-. The normalized spacial score (nSPS) is 22.3. The van der Waals surface area contributed by atoms with Crippen LogP contribution >= 0.6 is 0 Å². The first-order valence-electron chi connectivity index (χ1n) is 10.3. The Labute approximate surface area is 173 Å². The van der Waals surface area contributed by atoms with Crippen molar-refractivity contribution >= 4 is 15.7 Å². The molecule has 2 aliphatic heterocycles. The first-order valence-corrected chi connectivity index (χ1v) is 12.1. The minimum absolute atomic E-state index is 0.0924. The van der Waals surface area contributed by atoms with Crippen molar-refractivity contribution in [2.75, 3.05) is 31.1 Å². The maximum atomic E-state index is 12.9. The third kappa shape index (κ3) is 5.60. The van der Waals surface area contributed by atoms with E-state index in [0.717, 1.165) is 19.3 Å². The molecule has 0 aliphatic carbocycles. The van der Waals surface area contributed by atoms with Gasteiger partial charge < -0.3 is 9.80 Å². The summed E-state index contributed by atoms with van der Waals surface area (Å²) < 4.78 is 23.5. The highest BCUT2D eigenvalue weighted by Crippen LogP contribution is 2.23. The third-order valence-corrected chi connectivity index (χ3v) is 7.71. The van der Waals surface area contributed by atoms with Crippen LogP contribution in [0.3, 0.4) is 0 Å². The topological polar surface area (TPSA) is 81.5 Å². The molecule has 1 aromatic rings. The zero-order chi connectivity index (χ0) is 20.9. The van der Waals surface area contributed by atoms with Crippen LogP contribution in [-0.4, -0.2) is 61.3 Å². The second kappa shape index (κ2) is 9.45. The molecule has 3 rings (SSSR count). The average molecular weight is 416 g/mol. The van der Waals surface area contributed by atoms with Crippen LogP contribution in [0.15, 0.2) is 42.1 Å². The molecule has 2 saturated heterocycles. The zero-order valence-electron chi connectivity index (χ0n) is 17.0. The van der Waals surface area contributed by atoms with Gasteiger partial charge in [0.2, 0.25) is 0 Å². The van der Waals surface area contributed by atoms with E-state index in [1.807, 2.05) is 36.1 Å². The third-order valence-electron chi connectivity index (χ3n) is 5.96. The van der Waals surface area contributed by atoms with Crippen molar-refractivity contribution in [1.82, 2.24) is 9.80 Å². The monoisotopic (exact) mass is 415 g/mol. The number of piperidine rings is 1. The highest BCUT2D eigenvalue weighted by molar-refractivity contribution is 7.91. The van der Waals surface area contributed by atoms with E-state index in [1.165, 1.54) is 5.56 Å². The minimum atomic E-state index is -3.02. The zero-order valence-corrected chi connectivity index (χ0v) is 17.8. The van der Waals surface area contributed by atoms with Crippen molar-refractivity contribution < 1.29 is 13.2 Å². The molecular weight excluding hydrogens is 386 g/mol. The van der Waals surface area contributed by atoms with Crippen LogP contribution in [0, 0.1) is 17.2 Å². The van der Waals surface area contributed by atoms with Crippen molar-refractivity contribution in [2.24, 2.45) is 5.92 Å². The van der Waals surface area contributed by atoms with Crippen LogP contribution in [0.1, 0.15) is 31.7 Å². The number of benzene rings is 1. The fraction of sp³-hybridized carbons (Fsp3) is 0.545. The Hall–Kier alpha value is -2.33. The van der Waals surface area contributed by atoms with E-state index in [-0.39, 0.29) is 29.0 Å². The van der Waals surface area contributed by atoms with Gasteiger partial charge in [0, 0.05) is 31.9 Å². The predicted molar refractivity (Wildman–Crippen MR) is 113 cm³/mol. The Morgan fingerprint density at radius 2 is 1.93 bits per heavy atom. The minimum Gasteiger partial charge on any atom is -0.372 e. The van der Waals surface area contributed by atoms with E-state index in [0.29, 0.717) is 32.0 Å². The maximum Gasteiger partial charge on any atom is 0.266 e. The first kappa shape index (κ1) is 21.4. The number of nitriles is 1. The largest absolute Gasteiger partial charge is 0.372 e. The van der Waals surface area contributed by atoms with Gasteiger partial charge in [-0.15, -0.1) is 0 Å². The molecule has 2 aliphatic rings. The average Bonchev–Trinajstić information content (AvgIpc) is 3.09. The smallest absolute Gasteiger partial charge is 0.266 e. The first-order chi connectivity index (χ1) is 13.9. The lowest BCUT2D eigenvalue weighted by Crippen LogP contribution is -2.40. The molecule has 0 radical (unpaired) electrons. The van der Waals surface area contributed by atoms with Crippen molar-refractivity contribution in [2.45, 2.75) is 38.6 Å². The molecule has 1 atom stereocenters. The molecule has 29 heavy (non-hydrogen) atoms. The number of amides is 1. The van der Waals surface area contributed by atoms with Crippen LogP contribution in [-0.2, 0) is 21.1 Å². The fourth-order valence-corrected chi connectivity index (χ4v) is 5.99. The quantitative estimate of drug-likeness (QED) is 0.526. The summed E-state index contributed by atoms with van der Waals surface area (Å²) in [7, 11) is -3.02. The molecule has 6 nitrogen and oxygen atoms in total. The summed E-state index contributed by atoms with van der Waals surface area (Å²) in [5, 5.41) is 9.55. The van der Waals surface area contributed by atoms with Crippen LogP contribution in [0.2, 0.25) is 0 Å². The second-order valence-electron chi connectivity index (χ2n) is 7.97. The van der Waals surface area contributed by atoms with Gasteiger partial charge in [0.05, 0.1) is 11.5 Å². The number of carbonyl (C=O) groups excluding carboxylic acids is 1. The van der Waals surface area contributed by atoms with E-state index in [9.17, 15) is 18.5 Å². The Morgan fingerprint density at radius 3 is 2.48 bits per heavy atom. The summed E-state index contributed by atoms with van der Waals surface area (Å²) in [4.78, 5) is 16.5. The molecule has 2 heterocycles. The highest BCUT2D eigenvalue weighted by Gasteiger charge is 2.32. The molecule has 0 N–H and O–H groups in total. The van der Waals surface area contributed by atoms with E-state index < -0.39 is 9.84 Å². The molecule has 0 saturated carbocycles. The van der Waals surface area contributed by atoms with Gasteiger partial charge in [0.25, 0.3) is 5.91 Å². The maximum absolute atomic E-state index is 12.9. The molecule has 0 bridgehead atoms. The summed E-state index contributed by atoms with van der Waals surface area (Å²) in [6, 6.07) is 12.3. The van der Waals surface area contributed by atoms with E-state index in [4.69, 9.17) is 0 Å². The number of hydrogen-bond donors (Lipinski definition) is 0. The number of nitrogens with zero attached hydrogens (tertiary/aromatic N) is 3. The summed E-state index contributed by atoms with van der Waals surface area (Å²) in [5.41, 5.74) is 1.41. The van der Waals surface area contributed by atoms with Crippen molar-refractivity contribution in [3.8, 4) is 6.07 Å². The molecule has 0 spiro atoms. The van der Waals surface area contributed by atoms with Gasteiger partial charge in [-0.3, -0.25) is 4.79 Å². The van der Waals surface area contributed by atoms with Crippen LogP contribution in [0.25, 0.3) is 0 Å². The van der Waals surface area contributed by atoms with Crippen LogP contribution < -0.4 is 0 Å². The number of sulfone groups is 1. The van der Waals surface area contributed by atoms with Crippen molar-refractivity contribution in [3.05, 3.63) is 47.7 Å². The summed E-state index contributed by atoms with van der Waals surface area (Å²) in [5.74, 6) is 0.568. The van der Waals surface area contributed by atoms with Gasteiger partial charge in [-0.25, -0.2) is 8.42 Å². The van der Waals surface area contributed by atoms with Gasteiger partial charge >= 0.3 is 0 Å². The lowest BCUT2D eigenvalue weighted by Gasteiger charge is -2.32. The van der Waals surface area contributed by atoms with Gasteiger partial charge in [-0.05, 0) is 44.1 Å². The Bertz CT molecular complexity index is 882. The van der Waals surface area contributed by atoms with E-state index >= 15 is 0 Å². The number of hydrogen-bond acceptors (Lipinski definition) is 5. The van der Waals surface area contributed by atoms with Gasteiger partial charge in [0.1, 0.15) is 11.6 Å². The Balaban J connectivity index is 1.59. The number of carbonyl (C=O) groups is 1. The Morgan fingerprint density at radius 1 is 1.24 bits per heavy atom. The molecule has 1 amide bonds. The van der Waals surface area contributed by atoms with E-state index in [2.05, 4.69) is 12.1 Å². The van der Waals surface area contributed by atoms with Crippen LogP contribution in [0.4, 0.5) is 0 Å². The molecule has 156 valence electrons. The molecular formula is C22H29N3O3S. The molecule has 1 unspecified atom stereocenters. The lowest BCUT2D eigenvalue weighted by atomic mass is 9.90. The predicted octanol–water partition coefficient (Wildman–Crippen LogP) is 2.38. The van der Waals surface area contributed by atoms with E-state index in [1.54, 1.807) is 11.1 Å². The highest BCUT2D eigenvalue weighted by atomic mass is 32.2. The van der Waals surface area contributed by atoms with Gasteiger partial charge in [-0.1, -0.05) is 30.3 Å². The summed E-state index contributed by atoms with van der Waals surface area (Å²) >= 11 is 0. The van der Waals surface area contributed by atoms with Crippen LogP contribution in [0.5, 0.6) is 0 Å². The Kier molecular flexibility index (Phi) is 6.96. The molecule has 7 heteroatoms. The van der Waals surface area contributed by atoms with Crippen molar-refractivity contribution in [3.63, 3.8) is 0 Å². The van der Waals surface area contributed by atoms with Crippen molar-refractivity contribution in [1.29, 1.82) is 5.26 Å². The molecule has 1 aromatic carbocycles. The summed E-state index contributed by atoms with van der Waals surface area (Å²) in [6.45, 7) is 3.78. The van der Waals surface area contributed by atoms with Gasteiger partial charge in [-0.2, -0.15) is 5.26 Å². The molecule has 0 aromatic heterocycles. The fourth-order valence-electron chi connectivity index (χ4n) is 4.25. The SMILES string of the molecule is CCN(/C=C(/C#N)C(=O)N1CCC(Cc2ccccc2)CC1)C1CCS(=O)(=O)C1. The number of likely N-dealkylation sites (tertiary alicyclic amines) is 1. The summed E-state index contributed by atoms with van der Waals surface area (Å²) in [6.07, 6.45) is 4.99. The lowest BCUT2D eigenvalue weighted by molar-refractivity contribution is -0.128.